The van der Waals surface area contributed by atoms with Crippen LogP contribution in [-0.2, 0) is 6.54 Å². The lowest BCUT2D eigenvalue weighted by atomic mass is 10.2. The molecule has 1 saturated heterocycles. The fraction of sp³-hybridized carbons (Fsp3) is 0.263. The van der Waals surface area contributed by atoms with Crippen molar-refractivity contribution in [3.05, 3.63) is 66.6 Å². The second-order valence-electron chi connectivity index (χ2n) is 6.23. The molecule has 0 radical (unpaired) electrons. The van der Waals surface area contributed by atoms with Gasteiger partial charge in [0.05, 0.1) is 6.26 Å². The Hall–Kier alpha value is -3.42. The molecule has 0 aliphatic carbocycles. The number of anilines is 2. The number of nitrogens with one attached hydrogen (secondary N) is 1. The van der Waals surface area contributed by atoms with Crippen molar-refractivity contribution < 1.29 is 9.21 Å². The highest BCUT2D eigenvalue weighted by molar-refractivity contribution is 5.91. The van der Waals surface area contributed by atoms with Crippen LogP contribution < -0.4 is 10.2 Å². The van der Waals surface area contributed by atoms with Gasteiger partial charge in [0.15, 0.2) is 5.76 Å². The monoisotopic (exact) mass is 364 g/mol. The standard InChI is InChI=1S/C19H20N6O2/c26-19(16-4-2-10-27-16)25-8-6-24(7-9-25)18-11-17(22-14-23-18)21-13-15-3-1-5-20-12-15/h1-5,10-12,14H,6-9,13H2,(H,21,22,23). The zero-order chi connectivity index (χ0) is 18.5. The predicted molar refractivity (Wildman–Crippen MR) is 100 cm³/mol. The lowest BCUT2D eigenvalue weighted by Crippen LogP contribution is -2.49. The van der Waals surface area contributed by atoms with Gasteiger partial charge in [-0.15, -0.1) is 0 Å². The van der Waals surface area contributed by atoms with Crippen LogP contribution in [0.25, 0.3) is 0 Å². The van der Waals surface area contributed by atoms with Gasteiger partial charge in [-0.25, -0.2) is 9.97 Å². The molecule has 3 aromatic rings. The molecule has 0 atom stereocenters. The Morgan fingerprint density at radius 2 is 2.04 bits per heavy atom. The quantitative estimate of drug-likeness (QED) is 0.741. The van der Waals surface area contributed by atoms with Crippen molar-refractivity contribution in [2.45, 2.75) is 6.54 Å². The van der Waals surface area contributed by atoms with Crippen LogP contribution in [0.1, 0.15) is 16.1 Å². The van der Waals surface area contributed by atoms with Gasteiger partial charge in [-0.3, -0.25) is 9.78 Å². The summed E-state index contributed by atoms with van der Waals surface area (Å²) in [6.45, 7) is 3.33. The molecular formula is C19H20N6O2. The van der Waals surface area contributed by atoms with Crippen molar-refractivity contribution >= 4 is 17.5 Å². The second kappa shape index (κ2) is 7.86. The minimum absolute atomic E-state index is 0.0684. The molecule has 0 aromatic carbocycles. The van der Waals surface area contributed by atoms with E-state index in [4.69, 9.17) is 4.42 Å². The number of nitrogens with zero attached hydrogens (tertiary/aromatic N) is 5. The Morgan fingerprint density at radius 3 is 2.78 bits per heavy atom. The molecule has 0 saturated carbocycles. The van der Waals surface area contributed by atoms with E-state index in [2.05, 4.69) is 25.2 Å². The highest BCUT2D eigenvalue weighted by Crippen LogP contribution is 2.18. The molecule has 8 nitrogen and oxygen atoms in total. The third kappa shape index (κ3) is 4.05. The van der Waals surface area contributed by atoms with E-state index in [1.54, 1.807) is 29.6 Å². The lowest BCUT2D eigenvalue weighted by molar-refractivity contribution is 0.0714. The van der Waals surface area contributed by atoms with Crippen molar-refractivity contribution in [1.82, 2.24) is 19.9 Å². The van der Waals surface area contributed by atoms with Gasteiger partial charge < -0.3 is 19.5 Å². The average molecular weight is 364 g/mol. The average Bonchev–Trinajstić information content (AvgIpc) is 3.28. The zero-order valence-corrected chi connectivity index (χ0v) is 14.8. The maximum atomic E-state index is 12.4. The number of carbonyl (C=O) groups excluding carboxylic acids is 1. The van der Waals surface area contributed by atoms with E-state index in [1.165, 1.54) is 6.26 Å². The maximum Gasteiger partial charge on any atom is 0.289 e. The molecule has 0 spiro atoms. The number of hydrogen-bond donors (Lipinski definition) is 1. The van der Waals surface area contributed by atoms with Gasteiger partial charge in [0.1, 0.15) is 18.0 Å². The molecule has 1 aliphatic rings. The SMILES string of the molecule is O=C(c1ccco1)N1CCN(c2cc(NCc3cccnc3)ncn2)CC1. The van der Waals surface area contributed by atoms with Gasteiger partial charge in [-0.05, 0) is 23.8 Å². The van der Waals surface area contributed by atoms with Crippen molar-refractivity contribution in [3.8, 4) is 0 Å². The van der Waals surface area contributed by atoms with Gasteiger partial charge in [0.25, 0.3) is 5.91 Å². The molecule has 138 valence electrons. The van der Waals surface area contributed by atoms with Gasteiger partial charge in [-0.2, -0.15) is 0 Å². The molecule has 4 rings (SSSR count). The van der Waals surface area contributed by atoms with E-state index in [1.807, 2.05) is 24.4 Å². The molecule has 3 aromatic heterocycles. The summed E-state index contributed by atoms with van der Waals surface area (Å²) in [5, 5.41) is 3.29. The number of aromatic nitrogens is 3. The Bertz CT molecular complexity index is 876. The topological polar surface area (TPSA) is 87.4 Å². The summed E-state index contributed by atoms with van der Waals surface area (Å²) in [6, 6.07) is 9.27. The molecule has 1 N–H and O–H groups in total. The summed E-state index contributed by atoms with van der Waals surface area (Å²) < 4.78 is 5.20. The zero-order valence-electron chi connectivity index (χ0n) is 14.8. The van der Waals surface area contributed by atoms with Crippen molar-refractivity contribution in [1.29, 1.82) is 0 Å². The Morgan fingerprint density at radius 1 is 1.15 bits per heavy atom. The lowest BCUT2D eigenvalue weighted by Gasteiger charge is -2.35. The first-order valence-electron chi connectivity index (χ1n) is 8.82. The highest BCUT2D eigenvalue weighted by Gasteiger charge is 2.24. The first-order chi connectivity index (χ1) is 13.3. The first-order valence-corrected chi connectivity index (χ1v) is 8.82. The van der Waals surface area contributed by atoms with E-state index < -0.39 is 0 Å². The van der Waals surface area contributed by atoms with E-state index in [9.17, 15) is 4.79 Å². The van der Waals surface area contributed by atoms with Crippen LogP contribution in [0.3, 0.4) is 0 Å². The van der Waals surface area contributed by atoms with Crippen LogP contribution in [0.2, 0.25) is 0 Å². The van der Waals surface area contributed by atoms with Crippen molar-refractivity contribution in [2.24, 2.45) is 0 Å². The normalized spacial score (nSPS) is 14.2. The molecular weight excluding hydrogens is 344 g/mol. The summed E-state index contributed by atoms with van der Waals surface area (Å²) in [5.41, 5.74) is 1.09. The Balaban J connectivity index is 1.35. The molecule has 27 heavy (non-hydrogen) atoms. The summed E-state index contributed by atoms with van der Waals surface area (Å²) in [5.74, 6) is 1.93. The van der Waals surface area contributed by atoms with Gasteiger partial charge >= 0.3 is 0 Å². The van der Waals surface area contributed by atoms with Crippen LogP contribution in [0.5, 0.6) is 0 Å². The van der Waals surface area contributed by atoms with Crippen LogP contribution in [0.4, 0.5) is 11.6 Å². The maximum absolute atomic E-state index is 12.4. The minimum Gasteiger partial charge on any atom is -0.459 e. The van der Waals surface area contributed by atoms with Crippen LogP contribution >= 0.6 is 0 Å². The number of carbonyl (C=O) groups is 1. The van der Waals surface area contributed by atoms with Gasteiger partial charge in [0.2, 0.25) is 0 Å². The fourth-order valence-electron chi connectivity index (χ4n) is 3.01. The van der Waals surface area contributed by atoms with E-state index in [0.29, 0.717) is 38.5 Å². The number of pyridine rings is 1. The van der Waals surface area contributed by atoms with E-state index in [0.717, 1.165) is 17.2 Å². The minimum atomic E-state index is -0.0684. The van der Waals surface area contributed by atoms with E-state index >= 15 is 0 Å². The third-order valence-corrected chi connectivity index (χ3v) is 4.47. The molecule has 0 unspecified atom stereocenters. The van der Waals surface area contributed by atoms with Crippen LogP contribution in [0.15, 0.2) is 59.7 Å². The molecule has 1 amide bonds. The third-order valence-electron chi connectivity index (χ3n) is 4.47. The summed E-state index contributed by atoms with van der Waals surface area (Å²) in [6.07, 6.45) is 6.65. The number of piperazine rings is 1. The molecule has 8 heteroatoms. The van der Waals surface area contributed by atoms with Crippen molar-refractivity contribution in [3.63, 3.8) is 0 Å². The van der Waals surface area contributed by atoms with E-state index in [-0.39, 0.29) is 5.91 Å². The number of hydrogen-bond acceptors (Lipinski definition) is 7. The smallest absolute Gasteiger partial charge is 0.289 e. The summed E-state index contributed by atoms with van der Waals surface area (Å²) in [7, 11) is 0. The molecule has 1 aliphatic heterocycles. The largest absolute Gasteiger partial charge is 0.459 e. The molecule has 0 bridgehead atoms. The first kappa shape index (κ1) is 17.0. The second-order valence-corrected chi connectivity index (χ2v) is 6.23. The Labute approximate surface area is 156 Å². The van der Waals surface area contributed by atoms with Crippen molar-refractivity contribution in [2.75, 3.05) is 36.4 Å². The number of rotatable bonds is 5. The highest BCUT2D eigenvalue weighted by atomic mass is 16.3. The van der Waals surface area contributed by atoms with Crippen LogP contribution in [0, 0.1) is 0 Å². The Kier molecular flexibility index (Phi) is 4.95. The molecule has 1 fully saturated rings. The number of amides is 1. The van der Waals surface area contributed by atoms with Gasteiger partial charge in [0, 0.05) is 51.2 Å². The summed E-state index contributed by atoms with van der Waals surface area (Å²) in [4.78, 5) is 29.1. The summed E-state index contributed by atoms with van der Waals surface area (Å²) >= 11 is 0. The number of furan rings is 1. The predicted octanol–water partition coefficient (Wildman–Crippen LogP) is 2.04. The van der Waals surface area contributed by atoms with Crippen LogP contribution in [-0.4, -0.2) is 51.9 Å². The molecule has 4 heterocycles. The fourth-order valence-corrected chi connectivity index (χ4v) is 3.01. The van der Waals surface area contributed by atoms with Gasteiger partial charge in [-0.1, -0.05) is 6.07 Å².